The third kappa shape index (κ3) is 2.75. The Kier molecular flexibility index (Phi) is 4.22. The van der Waals surface area contributed by atoms with Crippen LogP contribution in [-0.4, -0.2) is 24.0 Å². The first kappa shape index (κ1) is 13.0. The van der Waals surface area contributed by atoms with Crippen molar-refractivity contribution in [2.45, 2.75) is 60.4 Å². The molecule has 2 unspecified atom stereocenters. The lowest BCUT2D eigenvalue weighted by molar-refractivity contribution is 0.116. The molecule has 90 valence electrons. The molecule has 0 saturated carbocycles. The van der Waals surface area contributed by atoms with E-state index in [1.165, 1.54) is 25.9 Å². The molecule has 0 aromatic carbocycles. The van der Waals surface area contributed by atoms with E-state index in [1.807, 2.05) is 0 Å². The van der Waals surface area contributed by atoms with Gasteiger partial charge in [-0.25, -0.2) is 0 Å². The van der Waals surface area contributed by atoms with Crippen molar-refractivity contribution in [1.82, 2.24) is 4.90 Å². The van der Waals surface area contributed by atoms with E-state index in [-0.39, 0.29) is 0 Å². The molecule has 1 rings (SSSR count). The Bertz CT molecular complexity index is 198. The van der Waals surface area contributed by atoms with E-state index in [1.54, 1.807) is 0 Å². The molecule has 1 heteroatoms. The van der Waals surface area contributed by atoms with E-state index in [0.29, 0.717) is 11.5 Å². The molecular weight excluding hydrogens is 182 g/mol. The second-order valence-corrected chi connectivity index (χ2v) is 6.23. The molecule has 0 N–H and O–H groups in total. The fraction of sp³-hybridized carbons (Fsp3) is 1.00. The van der Waals surface area contributed by atoms with Crippen LogP contribution >= 0.6 is 0 Å². The SMILES string of the molecule is CC(C)N1CCC(C)C(C)(C(C)C)CC1. The van der Waals surface area contributed by atoms with Crippen LogP contribution in [0.3, 0.4) is 0 Å². The molecule has 1 nitrogen and oxygen atoms in total. The molecule has 0 aromatic heterocycles. The maximum Gasteiger partial charge on any atom is 0.00385 e. The minimum atomic E-state index is 0.545. The Morgan fingerprint density at radius 3 is 2.20 bits per heavy atom. The molecule has 0 spiro atoms. The first-order chi connectivity index (χ1) is 6.88. The molecule has 0 aromatic rings. The maximum atomic E-state index is 2.64. The molecule has 2 atom stereocenters. The van der Waals surface area contributed by atoms with Crippen molar-refractivity contribution in [3.63, 3.8) is 0 Å². The van der Waals surface area contributed by atoms with Crippen LogP contribution < -0.4 is 0 Å². The van der Waals surface area contributed by atoms with Crippen molar-refractivity contribution in [3.8, 4) is 0 Å². The summed E-state index contributed by atoms with van der Waals surface area (Å²) in [7, 11) is 0. The molecular formula is C14H29N. The summed E-state index contributed by atoms with van der Waals surface area (Å²) >= 11 is 0. The summed E-state index contributed by atoms with van der Waals surface area (Å²) in [6, 6.07) is 0.715. The minimum Gasteiger partial charge on any atom is -0.301 e. The third-order valence-corrected chi connectivity index (χ3v) is 4.96. The number of rotatable bonds is 2. The summed E-state index contributed by atoms with van der Waals surface area (Å²) in [5, 5.41) is 0. The summed E-state index contributed by atoms with van der Waals surface area (Å²) in [6.07, 6.45) is 2.73. The van der Waals surface area contributed by atoms with Gasteiger partial charge >= 0.3 is 0 Å². The van der Waals surface area contributed by atoms with E-state index in [9.17, 15) is 0 Å². The quantitative estimate of drug-likeness (QED) is 0.672. The number of nitrogens with zero attached hydrogens (tertiary/aromatic N) is 1. The fourth-order valence-electron chi connectivity index (χ4n) is 2.81. The highest BCUT2D eigenvalue weighted by Crippen LogP contribution is 2.42. The first-order valence-corrected chi connectivity index (χ1v) is 6.62. The molecule has 0 radical (unpaired) electrons. The standard InChI is InChI=1S/C14H29N/c1-11(2)14(6)8-10-15(12(3)4)9-7-13(14)5/h11-13H,7-10H2,1-6H3. The van der Waals surface area contributed by atoms with Gasteiger partial charge in [-0.1, -0.05) is 27.7 Å². The van der Waals surface area contributed by atoms with Gasteiger partial charge in [0.1, 0.15) is 0 Å². The highest BCUT2D eigenvalue weighted by molar-refractivity contribution is 4.87. The van der Waals surface area contributed by atoms with Crippen molar-refractivity contribution in [2.75, 3.05) is 13.1 Å². The Balaban J connectivity index is 2.71. The summed E-state index contributed by atoms with van der Waals surface area (Å²) in [5.41, 5.74) is 0.545. The third-order valence-electron chi connectivity index (χ3n) is 4.96. The van der Waals surface area contributed by atoms with Gasteiger partial charge in [-0.2, -0.15) is 0 Å². The van der Waals surface area contributed by atoms with Crippen LogP contribution in [0.25, 0.3) is 0 Å². The smallest absolute Gasteiger partial charge is 0.00385 e. The molecule has 15 heavy (non-hydrogen) atoms. The summed E-state index contributed by atoms with van der Waals surface area (Å²) < 4.78 is 0. The highest BCUT2D eigenvalue weighted by Gasteiger charge is 2.36. The van der Waals surface area contributed by atoms with Gasteiger partial charge in [0, 0.05) is 6.04 Å². The van der Waals surface area contributed by atoms with E-state index in [0.717, 1.165) is 11.8 Å². The Labute approximate surface area is 96.2 Å². The summed E-state index contributed by atoms with van der Waals surface area (Å²) in [6.45, 7) is 16.9. The van der Waals surface area contributed by atoms with E-state index in [4.69, 9.17) is 0 Å². The second kappa shape index (κ2) is 4.86. The van der Waals surface area contributed by atoms with Crippen molar-refractivity contribution >= 4 is 0 Å². The average molecular weight is 211 g/mol. The van der Waals surface area contributed by atoms with E-state index >= 15 is 0 Å². The predicted octanol–water partition coefficient (Wildman–Crippen LogP) is 3.79. The van der Waals surface area contributed by atoms with E-state index < -0.39 is 0 Å². The van der Waals surface area contributed by atoms with Gasteiger partial charge < -0.3 is 4.90 Å². The lowest BCUT2D eigenvalue weighted by Gasteiger charge is -2.38. The zero-order valence-corrected chi connectivity index (χ0v) is 11.5. The number of likely N-dealkylation sites (tertiary alicyclic amines) is 1. The highest BCUT2D eigenvalue weighted by atomic mass is 15.1. The van der Waals surface area contributed by atoms with Crippen LogP contribution in [-0.2, 0) is 0 Å². The Hall–Kier alpha value is -0.0400. The molecule has 1 aliphatic rings. The molecule has 0 bridgehead atoms. The summed E-state index contributed by atoms with van der Waals surface area (Å²) in [4.78, 5) is 2.64. The van der Waals surface area contributed by atoms with Crippen molar-refractivity contribution in [2.24, 2.45) is 17.3 Å². The van der Waals surface area contributed by atoms with Crippen LogP contribution in [0.4, 0.5) is 0 Å². The fourth-order valence-corrected chi connectivity index (χ4v) is 2.81. The van der Waals surface area contributed by atoms with Gasteiger partial charge in [0.15, 0.2) is 0 Å². The minimum absolute atomic E-state index is 0.545. The van der Waals surface area contributed by atoms with Gasteiger partial charge in [0.05, 0.1) is 0 Å². The Morgan fingerprint density at radius 1 is 1.13 bits per heavy atom. The van der Waals surface area contributed by atoms with Gasteiger partial charge in [-0.3, -0.25) is 0 Å². The van der Waals surface area contributed by atoms with Gasteiger partial charge in [0.25, 0.3) is 0 Å². The Morgan fingerprint density at radius 2 is 1.73 bits per heavy atom. The van der Waals surface area contributed by atoms with Crippen LogP contribution in [0.2, 0.25) is 0 Å². The van der Waals surface area contributed by atoms with Crippen LogP contribution in [0.5, 0.6) is 0 Å². The topological polar surface area (TPSA) is 3.24 Å². The van der Waals surface area contributed by atoms with Crippen molar-refractivity contribution < 1.29 is 0 Å². The number of hydrogen-bond donors (Lipinski definition) is 0. The predicted molar refractivity (Wildman–Crippen MR) is 68.1 cm³/mol. The van der Waals surface area contributed by atoms with Gasteiger partial charge in [-0.05, 0) is 57.0 Å². The van der Waals surface area contributed by atoms with Crippen LogP contribution in [0.15, 0.2) is 0 Å². The monoisotopic (exact) mass is 211 g/mol. The summed E-state index contributed by atoms with van der Waals surface area (Å²) in [5.74, 6) is 1.67. The molecule has 1 aliphatic heterocycles. The number of hydrogen-bond acceptors (Lipinski definition) is 1. The maximum absolute atomic E-state index is 2.64. The molecule has 1 saturated heterocycles. The molecule has 1 heterocycles. The zero-order valence-electron chi connectivity index (χ0n) is 11.5. The lowest BCUT2D eigenvalue weighted by Crippen LogP contribution is -2.33. The second-order valence-electron chi connectivity index (χ2n) is 6.23. The van der Waals surface area contributed by atoms with Crippen molar-refractivity contribution in [1.29, 1.82) is 0 Å². The molecule has 0 amide bonds. The van der Waals surface area contributed by atoms with Gasteiger partial charge in [0.2, 0.25) is 0 Å². The molecule has 1 fully saturated rings. The van der Waals surface area contributed by atoms with Crippen molar-refractivity contribution in [3.05, 3.63) is 0 Å². The molecule has 0 aliphatic carbocycles. The largest absolute Gasteiger partial charge is 0.301 e. The normalized spacial score (nSPS) is 34.8. The van der Waals surface area contributed by atoms with Gasteiger partial charge in [-0.15, -0.1) is 0 Å². The van der Waals surface area contributed by atoms with E-state index in [2.05, 4.69) is 46.4 Å². The first-order valence-electron chi connectivity index (χ1n) is 6.62. The average Bonchev–Trinajstić information content (AvgIpc) is 2.29. The van der Waals surface area contributed by atoms with Crippen LogP contribution in [0, 0.1) is 17.3 Å². The lowest BCUT2D eigenvalue weighted by atomic mass is 9.67. The van der Waals surface area contributed by atoms with Crippen LogP contribution in [0.1, 0.15) is 54.4 Å². The zero-order chi connectivity index (χ0) is 11.6.